The summed E-state index contributed by atoms with van der Waals surface area (Å²) < 4.78 is 112. The first-order valence-electron chi connectivity index (χ1n) is 30.5. The van der Waals surface area contributed by atoms with E-state index in [0.29, 0.717) is 61.7 Å². The van der Waals surface area contributed by atoms with Crippen LogP contribution in [-0.2, 0) is 31.9 Å². The van der Waals surface area contributed by atoms with Gasteiger partial charge in [-0.15, -0.1) is 29.7 Å². The molecule has 9 aromatic carbocycles. The first-order valence-corrected chi connectivity index (χ1v) is 25.0. The number of imidazole rings is 1. The molecule has 0 fully saturated rings. The Labute approximate surface area is 475 Å². The SMILES string of the molecule is [2H]c1c([2H])c([2H])c(-c2cccc3c2-c2cc(C(C)(C)C)cc(-c4c(C([2H])([2H])[2H])cccc4C([2H])([2H])[2H])c2-[n+]2[c-]n(-c4[c-]c(Oc5[c-]c6c(cc5)c5ccccc5n6-c5cc(C(C)(C)C)ccn5)ccc4)c4cccc(c42)-c2ccccc2-3)c([2H])c1[2H].[Pt]. The summed E-state index contributed by atoms with van der Waals surface area (Å²) in [6.07, 6.45) is 5.55. The van der Waals surface area contributed by atoms with Crippen molar-refractivity contribution in [3.8, 4) is 84.3 Å². The van der Waals surface area contributed by atoms with Gasteiger partial charge in [0.15, 0.2) is 0 Å². The van der Waals surface area contributed by atoms with Crippen LogP contribution in [0.2, 0.25) is 0 Å². The molecule has 1 aliphatic rings. The molecular formula is C70H56N4OPt-2. The third-order valence-electron chi connectivity index (χ3n) is 14.4. The number of hydrogen-bond acceptors (Lipinski definition) is 2. The van der Waals surface area contributed by atoms with E-state index < -0.39 is 49.3 Å². The van der Waals surface area contributed by atoms with Crippen LogP contribution in [0.5, 0.6) is 11.5 Å². The van der Waals surface area contributed by atoms with Crippen molar-refractivity contribution in [2.24, 2.45) is 0 Å². The summed E-state index contributed by atoms with van der Waals surface area (Å²) in [7, 11) is 0. The Bertz CT molecular complexity index is 4750. The molecule has 0 amide bonds. The quantitative estimate of drug-likeness (QED) is 0.123. The Balaban J connectivity index is 0.00000739. The summed E-state index contributed by atoms with van der Waals surface area (Å²) in [4.78, 5) is 4.86. The largest absolute Gasteiger partial charge is 0.510 e. The second kappa shape index (κ2) is 18.6. The van der Waals surface area contributed by atoms with Crippen LogP contribution in [-0.4, -0.2) is 14.1 Å². The molecule has 0 N–H and O–H groups in total. The number of para-hydroxylation sites is 2. The van der Waals surface area contributed by atoms with Crippen molar-refractivity contribution < 1.29 is 45.4 Å². The van der Waals surface area contributed by atoms with Crippen molar-refractivity contribution in [2.75, 3.05) is 0 Å². The van der Waals surface area contributed by atoms with Gasteiger partial charge in [-0.1, -0.05) is 186 Å². The Morgan fingerprint density at radius 1 is 0.553 bits per heavy atom. The number of benzene rings is 9. The summed E-state index contributed by atoms with van der Waals surface area (Å²) in [5, 5.41) is 2.01. The molecule has 5 nitrogen and oxygen atoms in total. The second-order valence-corrected chi connectivity index (χ2v) is 21.2. The molecule has 0 spiro atoms. The molecule has 13 rings (SSSR count). The molecule has 6 heteroatoms. The van der Waals surface area contributed by atoms with Gasteiger partial charge in [-0.3, -0.25) is 4.57 Å². The van der Waals surface area contributed by atoms with Gasteiger partial charge in [-0.2, -0.15) is 18.2 Å². The molecule has 0 radical (unpaired) electrons. The van der Waals surface area contributed by atoms with E-state index in [0.717, 1.165) is 49.9 Å². The standard InChI is InChI=1S/C70H56N4O.Pt/c1-44-20-16-21-45(2)65(44)59-38-48(70(6,7)8)39-60-66-52(46-22-10-9-11-23-46)29-18-30-57(66)53-26-12-13-27-54(53)58-31-19-33-62-68(58)73(67(59)60)43-72(62)49-24-17-25-50(41-49)75-51-34-35-56-55-28-14-15-32-61(55)74(63(56)42-51)64-40-47(36-37-71-64)69(3,4)5;/h9-40H,1-8H3;/q-2;/i1D3,2D3,9D,10D,11D,22D,23D;. The zero-order valence-corrected chi connectivity index (χ0v) is 44.9. The number of aromatic nitrogens is 4. The smallest absolute Gasteiger partial charge is 0.268 e. The van der Waals surface area contributed by atoms with Crippen molar-refractivity contribution >= 4 is 32.8 Å². The van der Waals surface area contributed by atoms with Gasteiger partial charge in [-0.05, 0) is 132 Å². The number of nitrogens with zero attached hydrogens (tertiary/aromatic N) is 4. The van der Waals surface area contributed by atoms with Crippen LogP contribution in [0.25, 0.3) is 106 Å². The molecule has 374 valence electrons. The molecule has 1 aliphatic heterocycles. The van der Waals surface area contributed by atoms with Gasteiger partial charge >= 0.3 is 0 Å². The van der Waals surface area contributed by atoms with Gasteiger partial charge in [0.05, 0.1) is 23.6 Å². The predicted molar refractivity (Wildman–Crippen MR) is 308 cm³/mol. The fourth-order valence-electron chi connectivity index (χ4n) is 10.8. The van der Waals surface area contributed by atoms with Gasteiger partial charge in [0.25, 0.3) is 6.33 Å². The summed E-state index contributed by atoms with van der Waals surface area (Å²) in [5.41, 5.74) is 8.83. The van der Waals surface area contributed by atoms with Gasteiger partial charge in [0.2, 0.25) is 0 Å². The van der Waals surface area contributed by atoms with Crippen LogP contribution in [0.4, 0.5) is 0 Å². The summed E-state index contributed by atoms with van der Waals surface area (Å²) in [6.45, 7) is 6.93. The molecule has 12 aromatic rings. The van der Waals surface area contributed by atoms with Crippen LogP contribution >= 0.6 is 0 Å². The number of pyridine rings is 1. The molecule has 0 unspecified atom stereocenters. The van der Waals surface area contributed by atoms with E-state index in [-0.39, 0.29) is 54.3 Å². The van der Waals surface area contributed by atoms with Crippen molar-refractivity contribution in [1.82, 2.24) is 14.1 Å². The number of aryl methyl sites for hydroxylation is 2. The predicted octanol–water partition coefficient (Wildman–Crippen LogP) is 17.4. The minimum absolute atomic E-state index is 0. The van der Waals surface area contributed by atoms with Gasteiger partial charge in [-0.25, -0.2) is 4.98 Å². The van der Waals surface area contributed by atoms with Crippen LogP contribution in [0.1, 0.15) is 78.9 Å². The van der Waals surface area contributed by atoms with E-state index in [4.69, 9.17) is 22.1 Å². The fraction of sp³-hybridized carbons (Fsp3) is 0.143. The minimum Gasteiger partial charge on any atom is -0.510 e. The van der Waals surface area contributed by atoms with E-state index >= 15 is 0 Å². The first kappa shape index (κ1) is 37.6. The molecule has 4 heterocycles. The molecule has 3 aromatic heterocycles. The second-order valence-electron chi connectivity index (χ2n) is 21.2. The molecule has 0 saturated carbocycles. The van der Waals surface area contributed by atoms with Crippen molar-refractivity contribution in [3.05, 3.63) is 235 Å². The maximum absolute atomic E-state index is 9.45. The number of rotatable bonds is 6. The Morgan fingerprint density at radius 3 is 1.95 bits per heavy atom. The molecule has 0 atom stereocenters. The molecule has 76 heavy (non-hydrogen) atoms. The van der Waals surface area contributed by atoms with E-state index in [1.807, 2.05) is 145 Å². The van der Waals surface area contributed by atoms with Gasteiger partial charge < -0.3 is 13.9 Å². The van der Waals surface area contributed by atoms with Crippen LogP contribution in [0, 0.1) is 32.2 Å². The summed E-state index contributed by atoms with van der Waals surface area (Å²) in [5.74, 6) is 1.54. The van der Waals surface area contributed by atoms with Gasteiger partial charge in [0.1, 0.15) is 5.82 Å². The van der Waals surface area contributed by atoms with Gasteiger partial charge in [0, 0.05) is 52.5 Å². The third-order valence-corrected chi connectivity index (χ3v) is 14.4. The van der Waals surface area contributed by atoms with E-state index in [2.05, 4.69) is 62.0 Å². The Kier molecular flexibility index (Phi) is 9.21. The Morgan fingerprint density at radius 2 is 1.18 bits per heavy atom. The van der Waals surface area contributed by atoms with Crippen molar-refractivity contribution in [1.29, 1.82) is 0 Å². The average Bonchev–Trinajstić information content (AvgIpc) is 1.69. The maximum atomic E-state index is 9.45. The normalized spacial score (nSPS) is 14.5. The van der Waals surface area contributed by atoms with Crippen LogP contribution in [0.15, 0.2) is 194 Å². The molecular weight excluding hydrogens is 1110 g/mol. The molecule has 0 bridgehead atoms. The van der Waals surface area contributed by atoms with E-state index in [1.54, 1.807) is 12.1 Å². The van der Waals surface area contributed by atoms with E-state index in [1.165, 1.54) is 18.2 Å². The molecule has 0 aliphatic carbocycles. The van der Waals surface area contributed by atoms with Crippen molar-refractivity contribution in [2.45, 2.75) is 66.1 Å². The molecule has 0 saturated heterocycles. The summed E-state index contributed by atoms with van der Waals surface area (Å²) in [6, 6.07) is 54.0. The maximum Gasteiger partial charge on any atom is 0.268 e. The zero-order valence-electron chi connectivity index (χ0n) is 53.6. The monoisotopic (exact) mass is 1170 g/mol. The third kappa shape index (κ3) is 8.12. The minimum atomic E-state index is -2.82. The van der Waals surface area contributed by atoms with E-state index in [9.17, 15) is 2.74 Å². The van der Waals surface area contributed by atoms with Crippen LogP contribution in [0.3, 0.4) is 0 Å². The fourth-order valence-corrected chi connectivity index (χ4v) is 10.8. The summed E-state index contributed by atoms with van der Waals surface area (Å²) >= 11 is 0. The number of fused-ring (bicyclic) bond motifs is 10. The Hall–Kier alpha value is -8.11. The zero-order chi connectivity index (χ0) is 60.7. The van der Waals surface area contributed by atoms with Crippen molar-refractivity contribution in [3.63, 3.8) is 0 Å². The topological polar surface area (TPSA) is 35.9 Å². The first-order chi connectivity index (χ1) is 40.8. The van der Waals surface area contributed by atoms with Crippen LogP contribution < -0.4 is 9.30 Å². The average molecular weight is 1180 g/mol. The number of ether oxygens (including phenoxy) is 1. The number of hydrogen-bond donors (Lipinski definition) is 0.